The van der Waals surface area contributed by atoms with Gasteiger partial charge in [-0.2, -0.15) is 0 Å². The molecule has 3 amide bonds. The van der Waals surface area contributed by atoms with Gasteiger partial charge in [-0.05, 0) is 32.9 Å². The Labute approximate surface area is 135 Å². The van der Waals surface area contributed by atoms with Crippen molar-refractivity contribution in [1.82, 2.24) is 10.6 Å². The summed E-state index contributed by atoms with van der Waals surface area (Å²) < 4.78 is 5.52. The molecule has 0 bridgehead atoms. The van der Waals surface area contributed by atoms with Gasteiger partial charge in [-0.15, -0.1) is 0 Å². The van der Waals surface area contributed by atoms with Crippen LogP contribution in [0.2, 0.25) is 0 Å². The van der Waals surface area contributed by atoms with Gasteiger partial charge in [-0.3, -0.25) is 19.3 Å². The maximum Gasteiger partial charge on any atom is 0.268 e. The number of carbonyl (C=O) groups is 3. The number of ether oxygens (including phenoxy) is 1. The molecule has 23 heavy (non-hydrogen) atoms. The molecule has 7 nitrogen and oxygen atoms in total. The lowest BCUT2D eigenvalue weighted by atomic mass is 10.2. The summed E-state index contributed by atoms with van der Waals surface area (Å²) in [6.07, 6.45) is -0.654. The Balaban J connectivity index is 2.08. The van der Waals surface area contributed by atoms with Crippen molar-refractivity contribution in [2.24, 2.45) is 0 Å². The SMILES string of the molecule is CCNC(=O)C(C)NC(=O)CN1C(=O)C(C)Oc2ccccc21. The summed E-state index contributed by atoms with van der Waals surface area (Å²) in [5.74, 6) is -0.391. The summed E-state index contributed by atoms with van der Waals surface area (Å²) >= 11 is 0. The van der Waals surface area contributed by atoms with Crippen molar-refractivity contribution in [3.8, 4) is 5.75 Å². The van der Waals surface area contributed by atoms with E-state index in [-0.39, 0.29) is 18.4 Å². The van der Waals surface area contributed by atoms with E-state index in [1.807, 2.05) is 0 Å². The third-order valence-corrected chi connectivity index (χ3v) is 3.50. The average Bonchev–Trinajstić information content (AvgIpc) is 2.52. The van der Waals surface area contributed by atoms with Crippen LogP contribution in [0.3, 0.4) is 0 Å². The number of likely N-dealkylation sites (N-methyl/N-ethyl adjacent to an activating group) is 1. The quantitative estimate of drug-likeness (QED) is 0.824. The molecule has 0 saturated carbocycles. The fraction of sp³-hybridized carbons (Fsp3) is 0.438. The molecule has 1 heterocycles. The van der Waals surface area contributed by atoms with Crippen molar-refractivity contribution in [1.29, 1.82) is 0 Å². The monoisotopic (exact) mass is 319 g/mol. The summed E-state index contributed by atoms with van der Waals surface area (Å²) in [6, 6.07) is 6.39. The number of anilines is 1. The zero-order valence-electron chi connectivity index (χ0n) is 13.5. The van der Waals surface area contributed by atoms with Crippen molar-refractivity contribution in [3.05, 3.63) is 24.3 Å². The molecule has 0 aromatic heterocycles. The smallest absolute Gasteiger partial charge is 0.268 e. The lowest BCUT2D eigenvalue weighted by molar-refractivity contribution is -0.130. The Bertz CT molecular complexity index is 617. The van der Waals surface area contributed by atoms with Gasteiger partial charge in [-0.1, -0.05) is 12.1 Å². The number of nitrogens with zero attached hydrogens (tertiary/aromatic N) is 1. The average molecular weight is 319 g/mol. The van der Waals surface area contributed by atoms with E-state index in [4.69, 9.17) is 4.74 Å². The van der Waals surface area contributed by atoms with Gasteiger partial charge in [0.05, 0.1) is 5.69 Å². The van der Waals surface area contributed by atoms with E-state index in [0.29, 0.717) is 18.0 Å². The second-order valence-corrected chi connectivity index (χ2v) is 5.34. The molecule has 2 atom stereocenters. The highest BCUT2D eigenvalue weighted by Crippen LogP contribution is 2.33. The molecule has 7 heteroatoms. The first kappa shape index (κ1) is 16.8. The van der Waals surface area contributed by atoms with Crippen molar-refractivity contribution in [2.75, 3.05) is 18.0 Å². The van der Waals surface area contributed by atoms with Crippen LogP contribution in [0.5, 0.6) is 5.75 Å². The van der Waals surface area contributed by atoms with Gasteiger partial charge < -0.3 is 15.4 Å². The lowest BCUT2D eigenvalue weighted by Gasteiger charge is -2.32. The topological polar surface area (TPSA) is 87.7 Å². The van der Waals surface area contributed by atoms with Crippen LogP contribution in [0.1, 0.15) is 20.8 Å². The largest absolute Gasteiger partial charge is 0.479 e. The normalized spacial score (nSPS) is 17.8. The third kappa shape index (κ3) is 3.80. The fourth-order valence-corrected chi connectivity index (χ4v) is 2.35. The maximum absolute atomic E-state index is 12.3. The zero-order chi connectivity index (χ0) is 17.0. The summed E-state index contributed by atoms with van der Waals surface area (Å²) in [7, 11) is 0. The van der Waals surface area contributed by atoms with Gasteiger partial charge >= 0.3 is 0 Å². The van der Waals surface area contributed by atoms with E-state index in [9.17, 15) is 14.4 Å². The summed E-state index contributed by atoms with van der Waals surface area (Å²) in [5.41, 5.74) is 0.552. The van der Waals surface area contributed by atoms with E-state index < -0.39 is 18.1 Å². The van der Waals surface area contributed by atoms with Crippen LogP contribution >= 0.6 is 0 Å². The Morgan fingerprint density at radius 3 is 2.74 bits per heavy atom. The number of rotatable bonds is 5. The minimum atomic E-state index is -0.661. The number of nitrogens with one attached hydrogen (secondary N) is 2. The molecule has 0 radical (unpaired) electrons. The van der Waals surface area contributed by atoms with Crippen LogP contribution in [0.25, 0.3) is 0 Å². The Hall–Kier alpha value is -2.57. The molecular weight excluding hydrogens is 298 g/mol. The summed E-state index contributed by atoms with van der Waals surface area (Å²) in [5, 5.41) is 5.22. The van der Waals surface area contributed by atoms with Crippen LogP contribution < -0.4 is 20.3 Å². The minimum absolute atomic E-state index is 0.159. The zero-order valence-corrected chi connectivity index (χ0v) is 13.5. The van der Waals surface area contributed by atoms with Crippen molar-refractivity contribution < 1.29 is 19.1 Å². The second kappa shape index (κ2) is 7.13. The van der Waals surface area contributed by atoms with E-state index in [2.05, 4.69) is 10.6 Å². The first-order valence-electron chi connectivity index (χ1n) is 7.58. The number of para-hydroxylation sites is 2. The van der Waals surface area contributed by atoms with Gasteiger partial charge in [-0.25, -0.2) is 0 Å². The predicted octanol–water partition coefficient (Wildman–Crippen LogP) is 0.441. The highest BCUT2D eigenvalue weighted by Gasteiger charge is 2.32. The molecule has 124 valence electrons. The number of amides is 3. The van der Waals surface area contributed by atoms with E-state index in [0.717, 1.165) is 0 Å². The van der Waals surface area contributed by atoms with Gasteiger partial charge in [0.15, 0.2) is 6.10 Å². The Morgan fingerprint density at radius 2 is 2.04 bits per heavy atom. The van der Waals surface area contributed by atoms with Crippen LogP contribution in [-0.4, -0.2) is 43.0 Å². The van der Waals surface area contributed by atoms with Gasteiger partial charge in [0.2, 0.25) is 11.8 Å². The molecule has 1 aliphatic rings. The van der Waals surface area contributed by atoms with E-state index in [1.54, 1.807) is 45.0 Å². The van der Waals surface area contributed by atoms with E-state index in [1.165, 1.54) is 4.90 Å². The first-order valence-corrected chi connectivity index (χ1v) is 7.58. The molecular formula is C16H21N3O4. The van der Waals surface area contributed by atoms with Crippen LogP contribution in [0, 0.1) is 0 Å². The maximum atomic E-state index is 12.3. The number of fused-ring (bicyclic) bond motifs is 1. The molecule has 2 unspecified atom stereocenters. The lowest BCUT2D eigenvalue weighted by Crippen LogP contribution is -2.52. The molecule has 1 aromatic rings. The van der Waals surface area contributed by atoms with Crippen LogP contribution in [-0.2, 0) is 14.4 Å². The number of hydrogen-bond acceptors (Lipinski definition) is 4. The first-order chi connectivity index (χ1) is 10.9. The van der Waals surface area contributed by atoms with Crippen molar-refractivity contribution >= 4 is 23.4 Å². The van der Waals surface area contributed by atoms with Crippen LogP contribution in [0.15, 0.2) is 24.3 Å². The van der Waals surface area contributed by atoms with E-state index >= 15 is 0 Å². The second-order valence-electron chi connectivity index (χ2n) is 5.34. The molecule has 0 saturated heterocycles. The standard InChI is InChI=1S/C16H21N3O4/c1-4-17-15(21)10(2)18-14(20)9-19-12-7-5-6-8-13(12)23-11(3)16(19)22/h5-8,10-11H,4,9H2,1-3H3,(H,17,21)(H,18,20). The Kier molecular flexibility index (Phi) is 5.20. The molecule has 1 aliphatic heterocycles. The van der Waals surface area contributed by atoms with Gasteiger partial charge in [0, 0.05) is 6.54 Å². The highest BCUT2D eigenvalue weighted by molar-refractivity contribution is 6.04. The van der Waals surface area contributed by atoms with Crippen molar-refractivity contribution in [3.63, 3.8) is 0 Å². The summed E-state index contributed by atoms with van der Waals surface area (Å²) in [4.78, 5) is 37.5. The number of carbonyl (C=O) groups excluding carboxylic acids is 3. The minimum Gasteiger partial charge on any atom is -0.479 e. The highest BCUT2D eigenvalue weighted by atomic mass is 16.5. The number of benzene rings is 1. The number of hydrogen-bond donors (Lipinski definition) is 2. The fourth-order valence-electron chi connectivity index (χ4n) is 2.35. The molecule has 0 aliphatic carbocycles. The summed E-state index contributed by atoms with van der Waals surface area (Å²) in [6.45, 7) is 5.37. The molecule has 2 N–H and O–H groups in total. The van der Waals surface area contributed by atoms with Gasteiger partial charge in [0.25, 0.3) is 5.91 Å². The molecule has 0 fully saturated rings. The molecule has 1 aromatic carbocycles. The van der Waals surface area contributed by atoms with Crippen molar-refractivity contribution in [2.45, 2.75) is 32.9 Å². The third-order valence-electron chi connectivity index (χ3n) is 3.50. The predicted molar refractivity (Wildman–Crippen MR) is 85.2 cm³/mol. The Morgan fingerprint density at radius 1 is 1.35 bits per heavy atom. The van der Waals surface area contributed by atoms with Gasteiger partial charge in [0.1, 0.15) is 18.3 Å². The molecule has 0 spiro atoms. The molecule has 2 rings (SSSR count). The van der Waals surface area contributed by atoms with Crippen LogP contribution in [0.4, 0.5) is 5.69 Å².